The number of hydrogen-bond donors (Lipinski definition) is 1. The summed E-state index contributed by atoms with van der Waals surface area (Å²) < 4.78 is 5.72. The van der Waals surface area contributed by atoms with Crippen molar-refractivity contribution >= 4 is 0 Å². The maximum absolute atomic E-state index is 9.59. The fraction of sp³-hybridized carbons (Fsp3) is 0.120. The SMILES string of the molecule is C=C/C=C(\C=C)O/C(C=C)=C/C=C(\C=C)C(C)(C)/C(C=C)=C/C=C(/O)C=C. The van der Waals surface area contributed by atoms with Gasteiger partial charge in [0.1, 0.15) is 17.3 Å². The summed E-state index contributed by atoms with van der Waals surface area (Å²) in [6, 6.07) is 0. The van der Waals surface area contributed by atoms with Gasteiger partial charge in [0, 0.05) is 5.41 Å². The zero-order valence-electron chi connectivity index (χ0n) is 16.4. The maximum atomic E-state index is 9.59. The summed E-state index contributed by atoms with van der Waals surface area (Å²) in [5.41, 5.74) is 1.45. The number of aliphatic hydroxyl groups is 1. The van der Waals surface area contributed by atoms with Crippen LogP contribution in [0, 0.1) is 5.41 Å². The van der Waals surface area contributed by atoms with Gasteiger partial charge in [-0.05, 0) is 47.6 Å². The fourth-order valence-electron chi connectivity index (χ4n) is 2.18. The Morgan fingerprint density at radius 3 is 1.56 bits per heavy atom. The molecule has 2 nitrogen and oxygen atoms in total. The molecule has 0 bridgehead atoms. The van der Waals surface area contributed by atoms with Crippen molar-refractivity contribution < 1.29 is 9.84 Å². The number of ether oxygens (including phenoxy) is 1. The Hall–Kier alpha value is -3.26. The molecular weight excluding hydrogens is 332 g/mol. The predicted molar refractivity (Wildman–Crippen MR) is 119 cm³/mol. The molecule has 0 radical (unpaired) electrons. The van der Waals surface area contributed by atoms with Gasteiger partial charge in [-0.1, -0.05) is 83.7 Å². The van der Waals surface area contributed by atoms with E-state index in [2.05, 4.69) is 39.5 Å². The third kappa shape index (κ3) is 7.66. The van der Waals surface area contributed by atoms with Gasteiger partial charge < -0.3 is 9.84 Å². The van der Waals surface area contributed by atoms with Crippen LogP contribution in [0.4, 0.5) is 0 Å². The molecule has 0 atom stereocenters. The minimum absolute atomic E-state index is 0.0856. The van der Waals surface area contributed by atoms with E-state index in [4.69, 9.17) is 4.74 Å². The van der Waals surface area contributed by atoms with E-state index in [9.17, 15) is 5.11 Å². The minimum atomic E-state index is -0.400. The highest BCUT2D eigenvalue weighted by Gasteiger charge is 2.24. The highest BCUT2D eigenvalue weighted by molar-refractivity contribution is 5.43. The van der Waals surface area contributed by atoms with E-state index >= 15 is 0 Å². The molecule has 0 aromatic carbocycles. The minimum Gasteiger partial charge on any atom is -0.508 e. The van der Waals surface area contributed by atoms with Crippen molar-refractivity contribution in [3.05, 3.63) is 135 Å². The van der Waals surface area contributed by atoms with Crippen molar-refractivity contribution in [3.8, 4) is 0 Å². The van der Waals surface area contributed by atoms with Gasteiger partial charge >= 0.3 is 0 Å². The average Bonchev–Trinajstić information content (AvgIpc) is 2.66. The Labute approximate surface area is 164 Å². The number of allylic oxidation sites excluding steroid dienone is 13. The third-order valence-corrected chi connectivity index (χ3v) is 3.87. The Bertz CT molecular complexity index is 747. The molecule has 0 aliphatic rings. The molecule has 0 saturated heterocycles. The molecule has 0 fully saturated rings. The van der Waals surface area contributed by atoms with Crippen LogP contribution in [-0.4, -0.2) is 5.11 Å². The lowest BCUT2D eigenvalue weighted by molar-refractivity contribution is 0.337. The topological polar surface area (TPSA) is 29.5 Å². The molecule has 142 valence electrons. The van der Waals surface area contributed by atoms with Gasteiger partial charge in [0.05, 0.1) is 0 Å². The molecule has 2 heteroatoms. The summed E-state index contributed by atoms with van der Waals surface area (Å²) in [7, 11) is 0. The number of rotatable bonds is 12. The first-order valence-corrected chi connectivity index (χ1v) is 8.47. The average molecular weight is 363 g/mol. The molecule has 0 heterocycles. The van der Waals surface area contributed by atoms with E-state index in [0.29, 0.717) is 11.5 Å². The summed E-state index contributed by atoms with van der Waals surface area (Å²) in [6.45, 7) is 26.5. The molecule has 0 unspecified atom stereocenters. The highest BCUT2D eigenvalue weighted by Crippen LogP contribution is 2.36. The molecule has 0 rings (SSSR count). The van der Waals surface area contributed by atoms with E-state index in [1.807, 2.05) is 26.0 Å². The standard InChI is InChI=1S/C25H30O2/c1-9-15-23(13-5)27-24(14-6)19-17-21(11-3)25(7,8)20(10-2)16-18-22(26)12-4/h9-19,26H,1-6H2,7-8H3/b20-16+,21-17+,22-18+,23-15+,24-19+. The zero-order valence-corrected chi connectivity index (χ0v) is 16.4. The van der Waals surface area contributed by atoms with E-state index < -0.39 is 5.41 Å². The summed E-state index contributed by atoms with van der Waals surface area (Å²) >= 11 is 0. The molecule has 0 aromatic heterocycles. The van der Waals surface area contributed by atoms with Crippen LogP contribution in [0.5, 0.6) is 0 Å². The molecule has 0 aliphatic heterocycles. The lowest BCUT2D eigenvalue weighted by Crippen LogP contribution is -2.15. The number of hydrogen-bond acceptors (Lipinski definition) is 2. The van der Waals surface area contributed by atoms with Gasteiger partial charge in [-0.2, -0.15) is 0 Å². The van der Waals surface area contributed by atoms with Crippen molar-refractivity contribution in [3.63, 3.8) is 0 Å². The maximum Gasteiger partial charge on any atom is 0.126 e. The van der Waals surface area contributed by atoms with Crippen molar-refractivity contribution in [1.82, 2.24) is 0 Å². The van der Waals surface area contributed by atoms with E-state index in [1.165, 1.54) is 6.08 Å². The van der Waals surface area contributed by atoms with Gasteiger partial charge in [-0.15, -0.1) is 0 Å². The second-order valence-electron chi connectivity index (χ2n) is 5.96. The molecule has 1 N–H and O–H groups in total. The summed E-state index contributed by atoms with van der Waals surface area (Å²) in [4.78, 5) is 0. The third-order valence-electron chi connectivity index (χ3n) is 3.87. The first kappa shape index (κ1) is 23.7. The smallest absolute Gasteiger partial charge is 0.126 e. The fourth-order valence-corrected chi connectivity index (χ4v) is 2.18. The molecule has 0 amide bonds. The largest absolute Gasteiger partial charge is 0.508 e. The van der Waals surface area contributed by atoms with Gasteiger partial charge in [0.25, 0.3) is 0 Å². The Kier molecular flexibility index (Phi) is 10.7. The van der Waals surface area contributed by atoms with Crippen LogP contribution in [-0.2, 0) is 4.74 Å². The first-order chi connectivity index (χ1) is 12.8. The quantitative estimate of drug-likeness (QED) is 0.293. The van der Waals surface area contributed by atoms with E-state index in [1.54, 1.807) is 48.6 Å². The Morgan fingerprint density at radius 1 is 0.667 bits per heavy atom. The van der Waals surface area contributed by atoms with Crippen LogP contribution >= 0.6 is 0 Å². The van der Waals surface area contributed by atoms with Crippen LogP contribution in [0.2, 0.25) is 0 Å². The lowest BCUT2D eigenvalue weighted by atomic mass is 9.76. The summed E-state index contributed by atoms with van der Waals surface area (Å²) in [5.74, 6) is 1.22. The van der Waals surface area contributed by atoms with Gasteiger partial charge in [0.15, 0.2) is 0 Å². The van der Waals surface area contributed by atoms with Crippen LogP contribution in [0.15, 0.2) is 135 Å². The monoisotopic (exact) mass is 362 g/mol. The van der Waals surface area contributed by atoms with Crippen LogP contribution in [0.3, 0.4) is 0 Å². The van der Waals surface area contributed by atoms with Crippen LogP contribution < -0.4 is 0 Å². The summed E-state index contributed by atoms with van der Waals surface area (Å²) in [6.07, 6.45) is 18.5. The van der Waals surface area contributed by atoms with E-state index in [-0.39, 0.29) is 5.76 Å². The van der Waals surface area contributed by atoms with Gasteiger partial charge in [-0.3, -0.25) is 0 Å². The van der Waals surface area contributed by atoms with Crippen molar-refractivity contribution in [2.75, 3.05) is 0 Å². The van der Waals surface area contributed by atoms with Gasteiger partial charge in [0.2, 0.25) is 0 Å². The first-order valence-electron chi connectivity index (χ1n) is 8.47. The molecule has 0 spiro atoms. The Morgan fingerprint density at radius 2 is 1.15 bits per heavy atom. The van der Waals surface area contributed by atoms with Crippen molar-refractivity contribution in [1.29, 1.82) is 0 Å². The van der Waals surface area contributed by atoms with Crippen molar-refractivity contribution in [2.45, 2.75) is 13.8 Å². The second kappa shape index (κ2) is 12.2. The van der Waals surface area contributed by atoms with Gasteiger partial charge in [-0.25, -0.2) is 0 Å². The predicted octanol–water partition coefficient (Wildman–Crippen LogP) is 7.21. The van der Waals surface area contributed by atoms with Crippen molar-refractivity contribution in [2.24, 2.45) is 5.41 Å². The molecule has 0 aliphatic carbocycles. The lowest BCUT2D eigenvalue weighted by Gasteiger charge is -2.28. The van der Waals surface area contributed by atoms with E-state index in [0.717, 1.165) is 11.1 Å². The molecule has 0 saturated carbocycles. The number of aliphatic hydroxyl groups excluding tert-OH is 1. The molecule has 27 heavy (non-hydrogen) atoms. The summed E-state index contributed by atoms with van der Waals surface area (Å²) in [5, 5.41) is 9.59. The zero-order chi connectivity index (χ0) is 20.9. The normalized spacial score (nSPS) is 14.2. The highest BCUT2D eigenvalue weighted by atomic mass is 16.5. The molecular formula is C25H30O2. The second-order valence-corrected chi connectivity index (χ2v) is 5.96. The van der Waals surface area contributed by atoms with Crippen LogP contribution in [0.25, 0.3) is 0 Å². The Balaban J connectivity index is 5.96. The molecule has 0 aromatic rings. The van der Waals surface area contributed by atoms with Crippen LogP contribution in [0.1, 0.15) is 13.8 Å².